The first-order chi connectivity index (χ1) is 7.61. The van der Waals surface area contributed by atoms with E-state index in [4.69, 9.17) is 10.5 Å². The molecule has 0 saturated carbocycles. The molecule has 1 amide bonds. The van der Waals surface area contributed by atoms with Gasteiger partial charge in [-0.05, 0) is 53.8 Å². The normalized spacial score (nSPS) is 11.2. The molecule has 0 saturated heterocycles. The average Bonchev–Trinajstić information content (AvgIpc) is 2.28. The third kappa shape index (κ3) is 6.70. The molecule has 0 bridgehead atoms. The Hall–Kier alpha value is -0.530. The van der Waals surface area contributed by atoms with E-state index >= 15 is 0 Å². The molecule has 6 heteroatoms. The summed E-state index contributed by atoms with van der Waals surface area (Å²) in [5.74, 6) is 0.535. The zero-order chi connectivity index (χ0) is 12.0. The van der Waals surface area contributed by atoms with Gasteiger partial charge >= 0.3 is 0 Å². The monoisotopic (exact) mass is 370 g/mol. The Kier molecular flexibility index (Phi) is 8.28. The van der Waals surface area contributed by atoms with E-state index in [0.717, 1.165) is 3.57 Å². The van der Waals surface area contributed by atoms with E-state index in [2.05, 4.69) is 27.9 Å². The summed E-state index contributed by atoms with van der Waals surface area (Å²) in [6.07, 6.45) is 0. The molecule has 1 aromatic carbocycles. The molecule has 3 N–H and O–H groups in total. The summed E-state index contributed by atoms with van der Waals surface area (Å²) < 4.78 is 6.44. The number of nitrogens with two attached hydrogens (primary N) is 1. The summed E-state index contributed by atoms with van der Waals surface area (Å²) in [6.45, 7) is 2.29. The van der Waals surface area contributed by atoms with Gasteiger partial charge in [0.2, 0.25) is 0 Å². The first-order valence-corrected chi connectivity index (χ1v) is 6.07. The third-order valence-corrected chi connectivity index (χ3v) is 2.66. The van der Waals surface area contributed by atoms with Crippen LogP contribution in [0.15, 0.2) is 24.3 Å². The summed E-state index contributed by atoms with van der Waals surface area (Å²) in [4.78, 5) is 11.4. The van der Waals surface area contributed by atoms with Gasteiger partial charge in [-0.1, -0.05) is 0 Å². The van der Waals surface area contributed by atoms with Crippen molar-refractivity contribution >= 4 is 40.9 Å². The van der Waals surface area contributed by atoms with Gasteiger partial charge in [0, 0.05) is 16.2 Å². The molecule has 0 heterocycles. The van der Waals surface area contributed by atoms with Gasteiger partial charge in [-0.15, -0.1) is 12.4 Å². The maximum atomic E-state index is 11.4. The fourth-order valence-corrected chi connectivity index (χ4v) is 1.41. The van der Waals surface area contributed by atoms with Crippen LogP contribution in [-0.2, 0) is 4.79 Å². The highest BCUT2D eigenvalue weighted by Gasteiger charge is 2.05. The number of hydrogen-bond acceptors (Lipinski definition) is 3. The van der Waals surface area contributed by atoms with E-state index in [-0.39, 0.29) is 31.0 Å². The molecule has 0 aliphatic rings. The molecule has 0 fully saturated rings. The Balaban J connectivity index is 0.00000256. The molecule has 0 spiro atoms. The van der Waals surface area contributed by atoms with Gasteiger partial charge in [-0.3, -0.25) is 4.79 Å². The average molecular weight is 371 g/mol. The molecule has 1 aromatic rings. The molecule has 1 rings (SSSR count). The second-order valence-electron chi connectivity index (χ2n) is 3.45. The van der Waals surface area contributed by atoms with Crippen LogP contribution in [0.25, 0.3) is 0 Å². The van der Waals surface area contributed by atoms with Crippen LogP contribution in [0.2, 0.25) is 0 Å². The molecule has 0 aromatic heterocycles. The summed E-state index contributed by atoms with van der Waals surface area (Å²) >= 11 is 2.21. The van der Waals surface area contributed by atoms with Crippen molar-refractivity contribution in [2.45, 2.75) is 13.0 Å². The predicted octanol–water partition coefficient (Wildman–Crippen LogP) is 1.56. The Morgan fingerprint density at radius 2 is 2.06 bits per heavy atom. The second kappa shape index (κ2) is 8.54. The van der Waals surface area contributed by atoms with Crippen molar-refractivity contribution in [3.8, 4) is 5.75 Å². The van der Waals surface area contributed by atoms with Crippen molar-refractivity contribution in [1.29, 1.82) is 0 Å². The molecular weight excluding hydrogens is 354 g/mol. The Labute approximate surface area is 121 Å². The van der Waals surface area contributed by atoms with Gasteiger partial charge in [0.05, 0.1) is 0 Å². The number of ether oxygens (including phenoxy) is 1. The number of carbonyl (C=O) groups is 1. The van der Waals surface area contributed by atoms with E-state index in [1.54, 1.807) is 0 Å². The minimum Gasteiger partial charge on any atom is -0.484 e. The molecule has 1 atom stereocenters. The highest BCUT2D eigenvalue weighted by molar-refractivity contribution is 14.1. The number of amides is 1. The first kappa shape index (κ1) is 16.5. The zero-order valence-electron chi connectivity index (χ0n) is 9.48. The van der Waals surface area contributed by atoms with E-state index in [9.17, 15) is 4.79 Å². The fraction of sp³-hybridized carbons (Fsp3) is 0.364. The van der Waals surface area contributed by atoms with Crippen molar-refractivity contribution in [3.05, 3.63) is 27.8 Å². The van der Waals surface area contributed by atoms with Crippen molar-refractivity contribution < 1.29 is 9.53 Å². The first-order valence-electron chi connectivity index (χ1n) is 4.99. The Morgan fingerprint density at radius 1 is 1.47 bits per heavy atom. The Morgan fingerprint density at radius 3 is 2.59 bits per heavy atom. The molecule has 96 valence electrons. The number of hydrogen-bond donors (Lipinski definition) is 2. The lowest BCUT2D eigenvalue weighted by Gasteiger charge is -2.11. The predicted molar refractivity (Wildman–Crippen MR) is 78.6 cm³/mol. The second-order valence-corrected chi connectivity index (χ2v) is 4.69. The van der Waals surface area contributed by atoms with Crippen LogP contribution in [0.1, 0.15) is 6.92 Å². The van der Waals surface area contributed by atoms with Crippen molar-refractivity contribution in [1.82, 2.24) is 5.32 Å². The largest absolute Gasteiger partial charge is 0.484 e. The molecule has 0 unspecified atom stereocenters. The van der Waals surface area contributed by atoms with Crippen LogP contribution in [0.3, 0.4) is 0 Å². The van der Waals surface area contributed by atoms with Crippen LogP contribution in [-0.4, -0.2) is 25.1 Å². The van der Waals surface area contributed by atoms with Gasteiger partial charge < -0.3 is 15.8 Å². The fourth-order valence-electron chi connectivity index (χ4n) is 1.06. The molecule has 0 aliphatic heterocycles. The van der Waals surface area contributed by atoms with Crippen LogP contribution < -0.4 is 15.8 Å². The summed E-state index contributed by atoms with van der Waals surface area (Å²) in [5, 5.41) is 2.72. The van der Waals surface area contributed by atoms with E-state index in [1.807, 2.05) is 31.2 Å². The number of rotatable bonds is 5. The molecule has 17 heavy (non-hydrogen) atoms. The maximum Gasteiger partial charge on any atom is 0.258 e. The van der Waals surface area contributed by atoms with Gasteiger partial charge in [-0.25, -0.2) is 0 Å². The lowest BCUT2D eigenvalue weighted by Crippen LogP contribution is -2.40. The molecule has 4 nitrogen and oxygen atoms in total. The SMILES string of the molecule is C[C@@H](CN)NC(=O)COc1ccc(I)cc1.Cl. The highest BCUT2D eigenvalue weighted by atomic mass is 127. The number of benzene rings is 1. The highest BCUT2D eigenvalue weighted by Crippen LogP contribution is 2.13. The van der Waals surface area contributed by atoms with E-state index in [1.165, 1.54) is 0 Å². The van der Waals surface area contributed by atoms with Crippen molar-refractivity contribution in [2.24, 2.45) is 5.73 Å². The third-order valence-electron chi connectivity index (χ3n) is 1.94. The minimum atomic E-state index is -0.156. The number of nitrogens with one attached hydrogen (secondary N) is 1. The molecule has 0 aliphatic carbocycles. The lowest BCUT2D eigenvalue weighted by molar-refractivity contribution is -0.123. The smallest absolute Gasteiger partial charge is 0.258 e. The van der Waals surface area contributed by atoms with Gasteiger partial charge in [0.15, 0.2) is 6.61 Å². The Bertz CT molecular complexity index is 346. The van der Waals surface area contributed by atoms with Crippen molar-refractivity contribution in [3.63, 3.8) is 0 Å². The van der Waals surface area contributed by atoms with Crippen LogP contribution in [0.4, 0.5) is 0 Å². The minimum absolute atomic E-state index is 0. The van der Waals surface area contributed by atoms with Crippen molar-refractivity contribution in [2.75, 3.05) is 13.2 Å². The summed E-state index contributed by atoms with van der Waals surface area (Å²) in [5.41, 5.74) is 5.39. The van der Waals surface area contributed by atoms with E-state index in [0.29, 0.717) is 12.3 Å². The van der Waals surface area contributed by atoms with E-state index < -0.39 is 0 Å². The number of carbonyl (C=O) groups excluding carboxylic acids is 1. The van der Waals surface area contributed by atoms with Crippen LogP contribution in [0, 0.1) is 3.57 Å². The maximum absolute atomic E-state index is 11.4. The zero-order valence-corrected chi connectivity index (χ0v) is 12.5. The van der Waals surface area contributed by atoms with Gasteiger partial charge in [0.1, 0.15) is 5.75 Å². The summed E-state index contributed by atoms with van der Waals surface area (Å²) in [6, 6.07) is 7.50. The summed E-state index contributed by atoms with van der Waals surface area (Å²) in [7, 11) is 0. The molecular formula is C11H16ClIN2O2. The number of halogens is 2. The quantitative estimate of drug-likeness (QED) is 0.773. The van der Waals surface area contributed by atoms with Gasteiger partial charge in [0.25, 0.3) is 5.91 Å². The van der Waals surface area contributed by atoms with Crippen LogP contribution >= 0.6 is 35.0 Å². The lowest BCUT2D eigenvalue weighted by atomic mass is 10.3. The standard InChI is InChI=1S/C11H15IN2O2.ClH/c1-8(6-13)14-11(15)7-16-10-4-2-9(12)3-5-10;/h2-5,8H,6-7,13H2,1H3,(H,14,15);1H/t8-;/m0./s1. The topological polar surface area (TPSA) is 64.3 Å². The van der Waals surface area contributed by atoms with Gasteiger partial charge in [-0.2, -0.15) is 0 Å². The molecule has 0 radical (unpaired) electrons. The van der Waals surface area contributed by atoms with Crippen LogP contribution in [0.5, 0.6) is 5.75 Å².